The Kier molecular flexibility index (Phi) is 7.52. The van der Waals surface area contributed by atoms with Gasteiger partial charge in [0.2, 0.25) is 15.9 Å². The normalized spacial score (nSPS) is 13.2. The SMILES string of the molecule is CC(C)CC(NC(=O)CN(c1cccc(C(F)(F)F)c1)S(C)(=O)=O)c1ccccc1. The highest BCUT2D eigenvalue weighted by molar-refractivity contribution is 7.92. The second-order valence-electron chi connectivity index (χ2n) is 7.48. The van der Waals surface area contributed by atoms with Gasteiger partial charge in [0.25, 0.3) is 0 Å². The van der Waals surface area contributed by atoms with Gasteiger partial charge in [-0.15, -0.1) is 0 Å². The molecular formula is C21H25F3N2O3S. The fraction of sp³-hybridized carbons (Fsp3) is 0.381. The predicted molar refractivity (Wildman–Crippen MR) is 110 cm³/mol. The van der Waals surface area contributed by atoms with Crippen molar-refractivity contribution in [2.45, 2.75) is 32.5 Å². The van der Waals surface area contributed by atoms with Crippen LogP contribution in [-0.4, -0.2) is 27.1 Å². The average Bonchev–Trinajstić information content (AvgIpc) is 2.64. The van der Waals surface area contributed by atoms with Gasteiger partial charge < -0.3 is 5.32 Å². The third kappa shape index (κ3) is 6.76. The molecule has 0 saturated carbocycles. The van der Waals surface area contributed by atoms with Crippen LogP contribution in [0.15, 0.2) is 54.6 Å². The van der Waals surface area contributed by atoms with Gasteiger partial charge in [0, 0.05) is 0 Å². The van der Waals surface area contributed by atoms with Crippen molar-refractivity contribution in [1.29, 1.82) is 0 Å². The lowest BCUT2D eigenvalue weighted by Crippen LogP contribution is -2.42. The molecule has 0 fully saturated rings. The zero-order valence-electron chi connectivity index (χ0n) is 17.0. The summed E-state index contributed by atoms with van der Waals surface area (Å²) in [4.78, 5) is 12.7. The number of carbonyl (C=O) groups is 1. The predicted octanol–water partition coefficient (Wildman–Crippen LogP) is 4.38. The highest BCUT2D eigenvalue weighted by atomic mass is 32.2. The van der Waals surface area contributed by atoms with Crippen molar-refractivity contribution in [1.82, 2.24) is 5.32 Å². The molecule has 9 heteroatoms. The van der Waals surface area contributed by atoms with Gasteiger partial charge in [-0.2, -0.15) is 13.2 Å². The first-order chi connectivity index (χ1) is 13.9. The molecule has 0 bridgehead atoms. The third-order valence-electron chi connectivity index (χ3n) is 4.39. The summed E-state index contributed by atoms with van der Waals surface area (Å²) in [5.41, 5.74) is -0.344. The highest BCUT2D eigenvalue weighted by Gasteiger charge is 2.32. The van der Waals surface area contributed by atoms with Crippen LogP contribution < -0.4 is 9.62 Å². The van der Waals surface area contributed by atoms with Gasteiger partial charge >= 0.3 is 6.18 Å². The van der Waals surface area contributed by atoms with Crippen LogP contribution in [-0.2, 0) is 21.0 Å². The van der Waals surface area contributed by atoms with Crippen molar-refractivity contribution in [2.75, 3.05) is 17.1 Å². The summed E-state index contributed by atoms with van der Waals surface area (Å²) in [6.07, 6.45) is -3.15. The van der Waals surface area contributed by atoms with Crippen LogP contribution in [0.4, 0.5) is 18.9 Å². The monoisotopic (exact) mass is 442 g/mol. The maximum atomic E-state index is 13.0. The van der Waals surface area contributed by atoms with E-state index in [9.17, 15) is 26.4 Å². The largest absolute Gasteiger partial charge is 0.416 e. The van der Waals surface area contributed by atoms with Gasteiger partial charge in [0.05, 0.1) is 23.5 Å². The Morgan fingerprint density at radius 3 is 2.23 bits per heavy atom. The summed E-state index contributed by atoms with van der Waals surface area (Å²) < 4.78 is 64.2. The van der Waals surface area contributed by atoms with Crippen LogP contribution in [0, 0.1) is 5.92 Å². The number of rotatable bonds is 8. The quantitative estimate of drug-likeness (QED) is 0.660. The van der Waals surface area contributed by atoms with Crippen molar-refractivity contribution < 1.29 is 26.4 Å². The van der Waals surface area contributed by atoms with Gasteiger partial charge in [0.15, 0.2) is 0 Å². The molecule has 0 saturated heterocycles. The number of hydrogen-bond donors (Lipinski definition) is 1. The molecule has 0 radical (unpaired) electrons. The van der Waals surface area contributed by atoms with Crippen LogP contribution in [0.1, 0.15) is 37.4 Å². The molecule has 0 aliphatic rings. The molecule has 2 aromatic carbocycles. The summed E-state index contributed by atoms with van der Waals surface area (Å²) in [7, 11) is -3.99. The smallest absolute Gasteiger partial charge is 0.348 e. The van der Waals surface area contributed by atoms with Crippen molar-refractivity contribution in [2.24, 2.45) is 5.92 Å². The highest BCUT2D eigenvalue weighted by Crippen LogP contribution is 2.32. The number of nitrogens with zero attached hydrogens (tertiary/aromatic N) is 1. The Morgan fingerprint density at radius 2 is 1.70 bits per heavy atom. The van der Waals surface area contributed by atoms with E-state index < -0.39 is 34.2 Å². The van der Waals surface area contributed by atoms with E-state index in [2.05, 4.69) is 5.32 Å². The summed E-state index contributed by atoms with van der Waals surface area (Å²) in [5, 5.41) is 2.81. The van der Waals surface area contributed by atoms with Crippen LogP contribution in [0.3, 0.4) is 0 Å². The number of carbonyl (C=O) groups excluding carboxylic acids is 1. The second-order valence-corrected chi connectivity index (χ2v) is 9.38. The number of amides is 1. The Morgan fingerprint density at radius 1 is 1.07 bits per heavy atom. The van der Waals surface area contributed by atoms with Gasteiger partial charge in [-0.3, -0.25) is 9.10 Å². The number of nitrogens with one attached hydrogen (secondary N) is 1. The number of hydrogen-bond acceptors (Lipinski definition) is 3. The standard InChI is InChI=1S/C21H25F3N2O3S/c1-15(2)12-19(16-8-5-4-6-9-16)25-20(27)14-26(30(3,28)29)18-11-7-10-17(13-18)21(22,23)24/h4-11,13,15,19H,12,14H2,1-3H3,(H,25,27). The van der Waals surface area contributed by atoms with Crippen LogP contribution >= 0.6 is 0 Å². The summed E-state index contributed by atoms with van der Waals surface area (Å²) in [6.45, 7) is 3.36. The average molecular weight is 443 g/mol. The second kappa shape index (κ2) is 9.51. The fourth-order valence-corrected chi connectivity index (χ4v) is 3.89. The first kappa shape index (κ1) is 23.7. The fourth-order valence-electron chi connectivity index (χ4n) is 3.04. The Labute approximate surface area is 175 Å². The van der Waals surface area contributed by atoms with Crippen molar-refractivity contribution in [3.05, 3.63) is 65.7 Å². The molecule has 1 unspecified atom stereocenters. The maximum Gasteiger partial charge on any atom is 0.416 e. The van der Waals surface area contributed by atoms with Crippen LogP contribution in [0.25, 0.3) is 0 Å². The molecule has 30 heavy (non-hydrogen) atoms. The van der Waals surface area contributed by atoms with Gasteiger partial charge in [-0.05, 0) is 36.1 Å². The number of anilines is 1. The van der Waals surface area contributed by atoms with Crippen molar-refractivity contribution >= 4 is 21.6 Å². The summed E-state index contributed by atoms with van der Waals surface area (Å²) in [5.74, 6) is -0.350. The van der Waals surface area contributed by atoms with Crippen LogP contribution in [0.5, 0.6) is 0 Å². The molecule has 0 aromatic heterocycles. The van der Waals surface area contributed by atoms with E-state index in [1.807, 2.05) is 44.2 Å². The molecule has 164 valence electrons. The number of alkyl halides is 3. The minimum Gasteiger partial charge on any atom is -0.348 e. The third-order valence-corrected chi connectivity index (χ3v) is 5.53. The molecule has 1 amide bonds. The van der Waals surface area contributed by atoms with E-state index in [4.69, 9.17) is 0 Å². The molecule has 5 nitrogen and oxygen atoms in total. The van der Waals surface area contributed by atoms with E-state index in [1.165, 1.54) is 6.07 Å². The Hall–Kier alpha value is -2.55. The minimum atomic E-state index is -4.63. The van der Waals surface area contributed by atoms with E-state index in [0.29, 0.717) is 10.7 Å². The molecule has 0 aliphatic carbocycles. The first-order valence-electron chi connectivity index (χ1n) is 9.37. The van der Waals surface area contributed by atoms with Crippen molar-refractivity contribution in [3.63, 3.8) is 0 Å². The van der Waals surface area contributed by atoms with E-state index >= 15 is 0 Å². The van der Waals surface area contributed by atoms with Gasteiger partial charge in [0.1, 0.15) is 6.54 Å². The lowest BCUT2D eigenvalue weighted by molar-refractivity contribution is -0.137. The zero-order chi connectivity index (χ0) is 22.5. The summed E-state index contributed by atoms with van der Waals surface area (Å²) in [6, 6.07) is 12.8. The van der Waals surface area contributed by atoms with Crippen LogP contribution in [0.2, 0.25) is 0 Å². The zero-order valence-corrected chi connectivity index (χ0v) is 17.8. The van der Waals surface area contributed by atoms with Gasteiger partial charge in [-0.25, -0.2) is 8.42 Å². The topological polar surface area (TPSA) is 66.5 Å². The molecule has 2 rings (SSSR count). The molecule has 1 atom stereocenters. The first-order valence-corrected chi connectivity index (χ1v) is 11.2. The van der Waals surface area contributed by atoms with Crippen molar-refractivity contribution in [3.8, 4) is 0 Å². The Balaban J connectivity index is 2.27. The number of halogens is 3. The lowest BCUT2D eigenvalue weighted by atomic mass is 9.97. The molecule has 0 aliphatic heterocycles. The lowest BCUT2D eigenvalue weighted by Gasteiger charge is -2.26. The molecule has 1 N–H and O–H groups in total. The molecule has 0 spiro atoms. The molecule has 2 aromatic rings. The molecule has 0 heterocycles. The summed E-state index contributed by atoms with van der Waals surface area (Å²) >= 11 is 0. The Bertz CT molecular complexity index is 961. The van der Waals surface area contributed by atoms with Gasteiger partial charge in [-0.1, -0.05) is 50.2 Å². The maximum absolute atomic E-state index is 13.0. The van der Waals surface area contributed by atoms with E-state index in [0.717, 1.165) is 30.0 Å². The molecular weight excluding hydrogens is 417 g/mol. The van der Waals surface area contributed by atoms with E-state index in [-0.39, 0.29) is 17.6 Å². The minimum absolute atomic E-state index is 0.220. The number of sulfonamides is 1. The van der Waals surface area contributed by atoms with E-state index in [1.54, 1.807) is 0 Å². The number of benzene rings is 2.